The predicted molar refractivity (Wildman–Crippen MR) is 112 cm³/mol. The molecule has 0 fully saturated rings. The maximum Gasteiger partial charge on any atom is 0.277 e. The largest absolute Gasteiger partial charge is 0.497 e. The molecule has 0 N–H and O–H groups in total. The van der Waals surface area contributed by atoms with E-state index in [-0.39, 0.29) is 11.5 Å². The lowest BCUT2D eigenvalue weighted by atomic mass is 10.2. The van der Waals surface area contributed by atoms with Gasteiger partial charge in [0.05, 0.1) is 20.0 Å². The zero-order valence-corrected chi connectivity index (χ0v) is 17.7. The number of Topliss-reactive ketones (excluding diaryl/α,β-unsaturated/α-hetero) is 1. The van der Waals surface area contributed by atoms with E-state index >= 15 is 0 Å². The van der Waals surface area contributed by atoms with Crippen molar-refractivity contribution in [3.05, 3.63) is 53.9 Å². The van der Waals surface area contributed by atoms with Crippen LogP contribution in [0.2, 0.25) is 0 Å². The van der Waals surface area contributed by atoms with Crippen molar-refractivity contribution in [1.29, 1.82) is 0 Å². The highest BCUT2D eigenvalue weighted by atomic mass is 32.2. The summed E-state index contributed by atoms with van der Waals surface area (Å²) in [4.78, 5) is 12.7. The molecule has 0 aliphatic carbocycles. The van der Waals surface area contributed by atoms with Crippen LogP contribution in [-0.4, -0.2) is 40.5 Å². The Balaban J connectivity index is 1.72. The monoisotopic (exact) mass is 413 g/mol. The van der Waals surface area contributed by atoms with Gasteiger partial charge in [-0.1, -0.05) is 17.8 Å². The van der Waals surface area contributed by atoms with Crippen LogP contribution in [0, 0.1) is 13.8 Å². The third kappa shape index (κ3) is 4.54. The van der Waals surface area contributed by atoms with E-state index in [0.717, 1.165) is 11.4 Å². The fraction of sp³-hybridized carbons (Fsp3) is 0.286. The Kier molecular flexibility index (Phi) is 6.43. The van der Waals surface area contributed by atoms with Gasteiger partial charge in [-0.05, 0) is 32.0 Å². The number of ether oxygens (including phenoxy) is 2. The topological polar surface area (TPSA) is 79.4 Å². The van der Waals surface area contributed by atoms with Gasteiger partial charge in [0.25, 0.3) is 5.22 Å². The maximum absolute atomic E-state index is 12.7. The van der Waals surface area contributed by atoms with E-state index in [1.807, 2.05) is 26.0 Å². The lowest BCUT2D eigenvalue weighted by Crippen LogP contribution is -2.06. The standard InChI is InChI=1S/C21H23N3O4S/c1-6-7-24-13(2)8-18(14(24)3)19(25)12-29-21-23-22-20(28-21)15-9-16(26-4)11-17(10-15)27-5/h6,8-11H,1,7,12H2,2-5H3. The van der Waals surface area contributed by atoms with Crippen molar-refractivity contribution in [3.63, 3.8) is 0 Å². The Hall–Kier alpha value is -3.00. The highest BCUT2D eigenvalue weighted by molar-refractivity contribution is 7.99. The molecule has 0 saturated heterocycles. The Bertz CT molecular complexity index is 1020. The minimum atomic E-state index is 0.0150. The zero-order chi connectivity index (χ0) is 21.0. The molecule has 0 saturated carbocycles. The highest BCUT2D eigenvalue weighted by Crippen LogP contribution is 2.30. The van der Waals surface area contributed by atoms with Crippen LogP contribution in [0.15, 0.2) is 46.6 Å². The van der Waals surface area contributed by atoms with E-state index in [4.69, 9.17) is 13.9 Å². The lowest BCUT2D eigenvalue weighted by molar-refractivity contribution is 0.102. The molecule has 0 spiro atoms. The second kappa shape index (κ2) is 9.00. The van der Waals surface area contributed by atoms with Gasteiger partial charge in [0.15, 0.2) is 5.78 Å². The molecule has 0 atom stereocenters. The first-order valence-electron chi connectivity index (χ1n) is 8.97. The van der Waals surface area contributed by atoms with Crippen molar-refractivity contribution in [2.75, 3.05) is 20.0 Å². The fourth-order valence-electron chi connectivity index (χ4n) is 3.01. The number of nitrogens with zero attached hydrogens (tertiary/aromatic N) is 3. The fourth-order valence-corrected chi connectivity index (χ4v) is 3.66. The smallest absolute Gasteiger partial charge is 0.277 e. The summed E-state index contributed by atoms with van der Waals surface area (Å²) in [6, 6.07) is 7.23. The third-order valence-corrected chi connectivity index (χ3v) is 5.34. The number of allylic oxidation sites excluding steroid dienone is 1. The van der Waals surface area contributed by atoms with Gasteiger partial charge in [0.2, 0.25) is 5.89 Å². The molecule has 0 aliphatic heterocycles. The number of ketones is 1. The molecule has 0 amide bonds. The minimum Gasteiger partial charge on any atom is -0.497 e. The number of methoxy groups -OCH3 is 2. The van der Waals surface area contributed by atoms with Gasteiger partial charge in [0, 0.05) is 35.1 Å². The molecule has 1 aromatic carbocycles. The summed E-state index contributed by atoms with van der Waals surface area (Å²) in [6.07, 6.45) is 1.82. The normalized spacial score (nSPS) is 10.8. The maximum atomic E-state index is 12.7. The van der Waals surface area contributed by atoms with Crippen molar-refractivity contribution in [2.45, 2.75) is 25.6 Å². The average Bonchev–Trinajstić information content (AvgIpc) is 3.32. The summed E-state index contributed by atoms with van der Waals surface area (Å²) >= 11 is 1.21. The molecule has 7 nitrogen and oxygen atoms in total. The second-order valence-electron chi connectivity index (χ2n) is 6.37. The minimum absolute atomic E-state index is 0.0150. The molecule has 8 heteroatoms. The van der Waals surface area contributed by atoms with Crippen molar-refractivity contribution >= 4 is 17.5 Å². The molecule has 0 unspecified atom stereocenters. The van der Waals surface area contributed by atoms with Gasteiger partial charge in [-0.15, -0.1) is 16.8 Å². The van der Waals surface area contributed by atoms with E-state index in [1.54, 1.807) is 32.4 Å². The first-order chi connectivity index (χ1) is 14.0. The summed E-state index contributed by atoms with van der Waals surface area (Å²) in [5.74, 6) is 1.80. The highest BCUT2D eigenvalue weighted by Gasteiger charge is 2.18. The second-order valence-corrected chi connectivity index (χ2v) is 7.30. The molecule has 152 valence electrons. The van der Waals surface area contributed by atoms with Gasteiger partial charge in [0.1, 0.15) is 11.5 Å². The Morgan fingerprint density at radius 1 is 1.17 bits per heavy atom. The summed E-state index contributed by atoms with van der Waals surface area (Å²) in [5, 5.41) is 8.44. The van der Waals surface area contributed by atoms with E-state index in [9.17, 15) is 4.79 Å². The molecule has 3 aromatic rings. The first kappa shape index (κ1) is 20.7. The number of carbonyl (C=O) groups is 1. The number of hydrogen-bond acceptors (Lipinski definition) is 7. The van der Waals surface area contributed by atoms with Gasteiger partial charge in [-0.3, -0.25) is 4.79 Å². The van der Waals surface area contributed by atoms with Crippen molar-refractivity contribution in [1.82, 2.24) is 14.8 Å². The first-order valence-corrected chi connectivity index (χ1v) is 9.96. The zero-order valence-electron chi connectivity index (χ0n) is 16.9. The molecule has 0 bridgehead atoms. The van der Waals surface area contributed by atoms with Gasteiger partial charge < -0.3 is 18.5 Å². The molecular weight excluding hydrogens is 390 g/mol. The van der Waals surface area contributed by atoms with Gasteiger partial charge in [-0.25, -0.2) is 0 Å². The van der Waals surface area contributed by atoms with Crippen molar-refractivity contribution in [3.8, 4) is 23.0 Å². The molecular formula is C21H23N3O4S. The van der Waals surface area contributed by atoms with E-state index < -0.39 is 0 Å². The number of hydrogen-bond donors (Lipinski definition) is 0. The SMILES string of the molecule is C=CCn1c(C)cc(C(=O)CSc2nnc(-c3cc(OC)cc(OC)c3)o2)c1C. The number of carbonyl (C=O) groups excluding carboxylic acids is 1. The summed E-state index contributed by atoms with van der Waals surface area (Å²) in [7, 11) is 3.15. The number of aromatic nitrogens is 3. The van der Waals surface area contributed by atoms with Crippen LogP contribution in [0.25, 0.3) is 11.5 Å². The summed E-state index contributed by atoms with van der Waals surface area (Å²) in [5.41, 5.74) is 3.35. The van der Waals surface area contributed by atoms with E-state index in [1.165, 1.54) is 11.8 Å². The van der Waals surface area contributed by atoms with Crippen LogP contribution < -0.4 is 9.47 Å². The number of rotatable bonds is 9. The average molecular weight is 413 g/mol. The number of thioether (sulfide) groups is 1. The van der Waals surface area contributed by atoms with Crippen molar-refractivity contribution in [2.24, 2.45) is 0 Å². The van der Waals surface area contributed by atoms with Crippen LogP contribution in [-0.2, 0) is 6.54 Å². The summed E-state index contributed by atoms with van der Waals surface area (Å²) < 4.78 is 18.3. The Morgan fingerprint density at radius 2 is 1.86 bits per heavy atom. The van der Waals surface area contributed by atoms with Crippen LogP contribution in [0.1, 0.15) is 21.7 Å². The predicted octanol–water partition coefficient (Wildman–Crippen LogP) is 4.33. The molecule has 0 radical (unpaired) electrons. The summed E-state index contributed by atoms with van der Waals surface area (Å²) in [6.45, 7) is 8.36. The Morgan fingerprint density at radius 3 is 2.48 bits per heavy atom. The lowest BCUT2D eigenvalue weighted by Gasteiger charge is -2.06. The Labute approximate surface area is 173 Å². The van der Waals surface area contributed by atoms with Gasteiger partial charge in [-0.2, -0.15) is 0 Å². The number of aryl methyl sites for hydroxylation is 1. The molecule has 3 rings (SSSR count). The molecule has 2 heterocycles. The third-order valence-electron chi connectivity index (χ3n) is 4.52. The van der Waals surface area contributed by atoms with Crippen LogP contribution in [0.4, 0.5) is 0 Å². The van der Waals surface area contributed by atoms with Gasteiger partial charge >= 0.3 is 0 Å². The number of benzene rings is 1. The van der Waals surface area contributed by atoms with Crippen LogP contribution >= 0.6 is 11.8 Å². The quantitative estimate of drug-likeness (QED) is 0.293. The van der Waals surface area contributed by atoms with Crippen molar-refractivity contribution < 1.29 is 18.7 Å². The molecule has 2 aromatic heterocycles. The van der Waals surface area contributed by atoms with Crippen LogP contribution in [0.3, 0.4) is 0 Å². The van der Waals surface area contributed by atoms with E-state index in [2.05, 4.69) is 21.3 Å². The van der Waals surface area contributed by atoms with Crippen LogP contribution in [0.5, 0.6) is 11.5 Å². The van der Waals surface area contributed by atoms with E-state index in [0.29, 0.717) is 40.3 Å². The molecule has 0 aliphatic rings. The molecule has 29 heavy (non-hydrogen) atoms.